The van der Waals surface area contributed by atoms with Gasteiger partial charge in [0.1, 0.15) is 6.04 Å². The number of rotatable bonds is 5. The monoisotopic (exact) mass is 405 g/mol. The van der Waals surface area contributed by atoms with Gasteiger partial charge in [0.25, 0.3) is 11.8 Å². The lowest BCUT2D eigenvalue weighted by Gasteiger charge is -2.35. The number of primary amides is 1. The molecule has 4 amide bonds. The summed E-state index contributed by atoms with van der Waals surface area (Å²) in [6.07, 6.45) is 1.21. The summed E-state index contributed by atoms with van der Waals surface area (Å²) < 4.78 is 0. The number of carbonyl (C=O) groups is 4. The first-order valence-electron chi connectivity index (χ1n) is 10.1. The van der Waals surface area contributed by atoms with Gasteiger partial charge in [0.2, 0.25) is 11.8 Å². The molecule has 2 aromatic carbocycles. The molecule has 7 heteroatoms. The van der Waals surface area contributed by atoms with Crippen molar-refractivity contribution in [2.24, 2.45) is 11.7 Å². The fourth-order valence-corrected chi connectivity index (χ4v) is 4.21. The van der Waals surface area contributed by atoms with Crippen LogP contribution in [-0.2, 0) is 16.0 Å². The molecule has 7 nitrogen and oxygen atoms in total. The van der Waals surface area contributed by atoms with E-state index in [1.807, 2.05) is 30.3 Å². The average Bonchev–Trinajstić information content (AvgIpc) is 3.03. The van der Waals surface area contributed by atoms with Gasteiger partial charge in [0, 0.05) is 25.4 Å². The lowest BCUT2D eigenvalue weighted by atomic mass is 9.95. The van der Waals surface area contributed by atoms with E-state index >= 15 is 0 Å². The number of nitrogens with two attached hydrogens (primary N) is 1. The van der Waals surface area contributed by atoms with Crippen molar-refractivity contribution in [2.45, 2.75) is 25.3 Å². The number of hydrogen-bond donors (Lipinski definition) is 1. The number of benzene rings is 2. The van der Waals surface area contributed by atoms with E-state index < -0.39 is 17.9 Å². The first-order valence-corrected chi connectivity index (χ1v) is 10.1. The van der Waals surface area contributed by atoms with Crippen LogP contribution in [0.25, 0.3) is 0 Å². The highest BCUT2D eigenvalue weighted by Gasteiger charge is 2.44. The van der Waals surface area contributed by atoms with Gasteiger partial charge in [-0.25, -0.2) is 0 Å². The Hall–Kier alpha value is -3.48. The van der Waals surface area contributed by atoms with Gasteiger partial charge in [-0.3, -0.25) is 24.1 Å². The topological polar surface area (TPSA) is 101 Å². The van der Waals surface area contributed by atoms with Crippen LogP contribution in [0.15, 0.2) is 54.6 Å². The molecule has 1 atom stereocenters. The fourth-order valence-electron chi connectivity index (χ4n) is 4.21. The van der Waals surface area contributed by atoms with Gasteiger partial charge in [-0.2, -0.15) is 0 Å². The number of amides is 4. The lowest BCUT2D eigenvalue weighted by Crippen LogP contribution is -2.54. The quantitative estimate of drug-likeness (QED) is 0.764. The number of hydrogen-bond acceptors (Lipinski definition) is 4. The molecule has 1 saturated heterocycles. The number of piperidine rings is 1. The highest BCUT2D eigenvalue weighted by molar-refractivity contribution is 6.22. The van der Waals surface area contributed by atoms with Crippen LogP contribution >= 0.6 is 0 Å². The molecule has 1 fully saturated rings. The van der Waals surface area contributed by atoms with Crippen molar-refractivity contribution >= 4 is 23.6 Å². The maximum atomic E-state index is 13.5. The Bertz CT molecular complexity index is 962. The van der Waals surface area contributed by atoms with Gasteiger partial charge in [-0.05, 0) is 30.5 Å². The largest absolute Gasteiger partial charge is 0.369 e. The second-order valence-electron chi connectivity index (χ2n) is 7.73. The molecule has 2 aliphatic heterocycles. The zero-order valence-corrected chi connectivity index (χ0v) is 16.5. The first-order chi connectivity index (χ1) is 14.5. The van der Waals surface area contributed by atoms with Gasteiger partial charge < -0.3 is 10.6 Å². The number of nitrogens with zero attached hydrogens (tertiary/aromatic N) is 2. The molecule has 2 heterocycles. The summed E-state index contributed by atoms with van der Waals surface area (Å²) >= 11 is 0. The minimum atomic E-state index is -0.940. The summed E-state index contributed by atoms with van der Waals surface area (Å²) in [6.45, 7) is 0.752. The third kappa shape index (κ3) is 3.58. The Labute approximate surface area is 174 Å². The predicted molar refractivity (Wildman–Crippen MR) is 109 cm³/mol. The molecule has 30 heavy (non-hydrogen) atoms. The zero-order chi connectivity index (χ0) is 21.3. The fraction of sp³-hybridized carbons (Fsp3) is 0.304. The number of imide groups is 1. The second kappa shape index (κ2) is 8.10. The Morgan fingerprint density at radius 1 is 0.900 bits per heavy atom. The molecular formula is C23H23N3O4. The summed E-state index contributed by atoms with van der Waals surface area (Å²) in [7, 11) is 0. The summed E-state index contributed by atoms with van der Waals surface area (Å²) in [5.74, 6) is -1.78. The molecule has 2 N–H and O–H groups in total. The number of carbonyl (C=O) groups excluding carboxylic acids is 4. The molecule has 2 aliphatic rings. The standard InChI is InChI=1S/C23H23N3O4/c24-20(27)16-10-12-25(13-11-16)23(30)19(14-15-6-2-1-3-7-15)26-21(28)17-8-4-5-9-18(17)22(26)29/h1-9,16,19H,10-14H2,(H2,24,27)/t19-/m1/s1. The van der Waals surface area contributed by atoms with Gasteiger partial charge in [-0.15, -0.1) is 0 Å². The minimum absolute atomic E-state index is 0.237. The van der Waals surface area contributed by atoms with Crippen molar-refractivity contribution in [2.75, 3.05) is 13.1 Å². The first kappa shape index (κ1) is 19.8. The predicted octanol–water partition coefficient (Wildman–Crippen LogP) is 1.62. The van der Waals surface area contributed by atoms with Crippen molar-refractivity contribution in [3.05, 3.63) is 71.3 Å². The van der Waals surface area contributed by atoms with Crippen LogP contribution < -0.4 is 5.73 Å². The number of fused-ring (bicyclic) bond motifs is 1. The van der Waals surface area contributed by atoms with Gasteiger partial charge in [0.05, 0.1) is 11.1 Å². The van der Waals surface area contributed by atoms with E-state index in [9.17, 15) is 19.2 Å². The van der Waals surface area contributed by atoms with Gasteiger partial charge in [0.15, 0.2) is 0 Å². The molecule has 0 radical (unpaired) electrons. The molecule has 0 spiro atoms. The number of likely N-dealkylation sites (tertiary alicyclic amines) is 1. The van der Waals surface area contributed by atoms with Crippen LogP contribution in [0.4, 0.5) is 0 Å². The normalized spacial score (nSPS) is 17.7. The van der Waals surface area contributed by atoms with E-state index in [2.05, 4.69) is 0 Å². The van der Waals surface area contributed by atoms with Crippen molar-refractivity contribution in [3.8, 4) is 0 Å². The summed E-state index contributed by atoms with van der Waals surface area (Å²) in [5, 5.41) is 0. The van der Waals surface area contributed by atoms with Crippen molar-refractivity contribution in [3.63, 3.8) is 0 Å². The van der Waals surface area contributed by atoms with Crippen LogP contribution in [0.3, 0.4) is 0 Å². The van der Waals surface area contributed by atoms with E-state index in [0.717, 1.165) is 10.5 Å². The Morgan fingerprint density at radius 2 is 1.43 bits per heavy atom. The van der Waals surface area contributed by atoms with Crippen molar-refractivity contribution in [1.29, 1.82) is 0 Å². The third-order valence-electron chi connectivity index (χ3n) is 5.90. The average molecular weight is 405 g/mol. The Balaban J connectivity index is 1.62. The molecular weight excluding hydrogens is 382 g/mol. The van der Waals surface area contributed by atoms with Crippen LogP contribution in [0, 0.1) is 5.92 Å². The van der Waals surface area contributed by atoms with Crippen LogP contribution in [0.5, 0.6) is 0 Å². The highest BCUT2D eigenvalue weighted by Crippen LogP contribution is 2.28. The highest BCUT2D eigenvalue weighted by atomic mass is 16.2. The molecule has 0 aromatic heterocycles. The van der Waals surface area contributed by atoms with E-state index in [-0.39, 0.29) is 24.2 Å². The lowest BCUT2D eigenvalue weighted by molar-refractivity contribution is -0.138. The summed E-state index contributed by atoms with van der Waals surface area (Å²) in [6, 6.07) is 15.0. The van der Waals surface area contributed by atoms with Crippen LogP contribution in [-0.4, -0.2) is 52.6 Å². The molecule has 2 aromatic rings. The molecule has 154 valence electrons. The maximum absolute atomic E-state index is 13.5. The maximum Gasteiger partial charge on any atom is 0.262 e. The van der Waals surface area contributed by atoms with Gasteiger partial charge >= 0.3 is 0 Å². The van der Waals surface area contributed by atoms with E-state index in [4.69, 9.17) is 5.73 Å². The summed E-state index contributed by atoms with van der Waals surface area (Å²) in [5.41, 5.74) is 6.90. The molecule has 0 saturated carbocycles. The van der Waals surface area contributed by atoms with Crippen molar-refractivity contribution in [1.82, 2.24) is 9.80 Å². The smallest absolute Gasteiger partial charge is 0.262 e. The molecule has 0 aliphatic carbocycles. The molecule has 4 rings (SSSR count). The minimum Gasteiger partial charge on any atom is -0.369 e. The van der Waals surface area contributed by atoms with Crippen molar-refractivity contribution < 1.29 is 19.2 Å². The molecule has 0 bridgehead atoms. The van der Waals surface area contributed by atoms with E-state index in [1.165, 1.54) is 0 Å². The SMILES string of the molecule is NC(=O)C1CCN(C(=O)[C@@H](Cc2ccccc2)N2C(=O)c3ccccc3C2=O)CC1. The Kier molecular flexibility index (Phi) is 5.35. The molecule has 0 unspecified atom stereocenters. The van der Waals surface area contributed by atoms with E-state index in [1.54, 1.807) is 29.2 Å². The van der Waals surface area contributed by atoms with Gasteiger partial charge in [-0.1, -0.05) is 42.5 Å². The van der Waals surface area contributed by atoms with E-state index in [0.29, 0.717) is 37.1 Å². The zero-order valence-electron chi connectivity index (χ0n) is 16.5. The second-order valence-corrected chi connectivity index (χ2v) is 7.73. The third-order valence-corrected chi connectivity index (χ3v) is 5.90. The Morgan fingerprint density at radius 3 is 1.97 bits per heavy atom. The van der Waals surface area contributed by atoms with Crippen LogP contribution in [0.2, 0.25) is 0 Å². The summed E-state index contributed by atoms with van der Waals surface area (Å²) in [4.78, 5) is 53.7. The van der Waals surface area contributed by atoms with Crippen LogP contribution in [0.1, 0.15) is 39.1 Å².